The fourth-order valence-corrected chi connectivity index (χ4v) is 2.09. The van der Waals surface area contributed by atoms with Gasteiger partial charge in [0.25, 0.3) is 0 Å². The van der Waals surface area contributed by atoms with Gasteiger partial charge in [-0.3, -0.25) is 4.79 Å². The topological polar surface area (TPSA) is 29.1 Å². The van der Waals surface area contributed by atoms with Gasteiger partial charge in [-0.1, -0.05) is 12.1 Å². The van der Waals surface area contributed by atoms with Gasteiger partial charge < -0.3 is 5.32 Å². The van der Waals surface area contributed by atoms with Gasteiger partial charge >= 0.3 is 0 Å². The summed E-state index contributed by atoms with van der Waals surface area (Å²) in [5.41, 5.74) is -0.711. The van der Waals surface area contributed by atoms with Gasteiger partial charge in [0, 0.05) is 5.56 Å². The molecule has 0 radical (unpaired) electrons. The van der Waals surface area contributed by atoms with Gasteiger partial charge in [-0.05, 0) is 24.6 Å². The van der Waals surface area contributed by atoms with E-state index in [0.717, 1.165) is 12.1 Å². The SMILES string of the molecule is CC(NC(=O)Cc1c(F)c(F)c(F)c(F)c1F)c1ccc(F)cc1. The largest absolute Gasteiger partial charge is 0.349 e. The second-order valence-electron chi connectivity index (χ2n) is 5.07. The molecular weight excluding hydrogens is 336 g/mol. The van der Waals surface area contributed by atoms with Gasteiger partial charge in [0.05, 0.1) is 12.5 Å². The highest BCUT2D eigenvalue weighted by atomic mass is 19.2. The smallest absolute Gasteiger partial charge is 0.225 e. The predicted molar refractivity (Wildman–Crippen MR) is 72.9 cm³/mol. The van der Waals surface area contributed by atoms with Crippen LogP contribution in [0.3, 0.4) is 0 Å². The Balaban J connectivity index is 2.17. The van der Waals surface area contributed by atoms with Crippen LogP contribution in [-0.4, -0.2) is 5.91 Å². The predicted octanol–water partition coefficient (Wildman–Crippen LogP) is 3.94. The van der Waals surface area contributed by atoms with Crippen LogP contribution in [0.2, 0.25) is 0 Å². The number of halogens is 6. The van der Waals surface area contributed by atoms with Crippen molar-refractivity contribution in [3.8, 4) is 0 Å². The van der Waals surface area contributed by atoms with E-state index in [1.54, 1.807) is 0 Å². The van der Waals surface area contributed by atoms with Gasteiger partial charge in [-0.15, -0.1) is 0 Å². The summed E-state index contributed by atoms with van der Waals surface area (Å²) in [7, 11) is 0. The minimum atomic E-state index is -2.28. The summed E-state index contributed by atoms with van der Waals surface area (Å²) < 4.78 is 79.0. The third kappa shape index (κ3) is 3.52. The van der Waals surface area contributed by atoms with Crippen LogP contribution in [0.4, 0.5) is 26.3 Å². The molecule has 128 valence electrons. The van der Waals surface area contributed by atoms with E-state index in [1.807, 2.05) is 0 Å². The average Bonchev–Trinajstić information content (AvgIpc) is 2.55. The number of carbonyl (C=O) groups excluding carboxylic acids is 1. The molecule has 0 aromatic heterocycles. The van der Waals surface area contributed by atoms with E-state index < -0.39 is 58.8 Å². The monoisotopic (exact) mass is 347 g/mol. The quantitative estimate of drug-likeness (QED) is 0.507. The van der Waals surface area contributed by atoms with Gasteiger partial charge in [-0.25, -0.2) is 26.3 Å². The molecule has 0 bridgehead atoms. The first kappa shape index (κ1) is 17.8. The molecule has 1 amide bonds. The molecule has 0 aliphatic heterocycles. The van der Waals surface area contributed by atoms with E-state index in [4.69, 9.17) is 0 Å². The molecule has 0 fully saturated rings. The first-order chi connectivity index (χ1) is 11.2. The number of rotatable bonds is 4. The Morgan fingerprint density at radius 2 is 1.33 bits per heavy atom. The molecule has 0 aliphatic rings. The molecule has 0 aliphatic carbocycles. The maximum Gasteiger partial charge on any atom is 0.225 e. The molecule has 2 aromatic carbocycles. The molecule has 0 saturated heterocycles. The van der Waals surface area contributed by atoms with Gasteiger partial charge in [0.2, 0.25) is 11.7 Å². The van der Waals surface area contributed by atoms with Crippen LogP contribution in [0, 0.1) is 34.9 Å². The van der Waals surface area contributed by atoms with Crippen molar-refractivity contribution < 1.29 is 31.1 Å². The van der Waals surface area contributed by atoms with Gasteiger partial charge in [0.15, 0.2) is 23.3 Å². The minimum absolute atomic E-state index is 0.487. The van der Waals surface area contributed by atoms with Crippen LogP contribution < -0.4 is 5.32 Å². The van der Waals surface area contributed by atoms with Crippen LogP contribution in [-0.2, 0) is 11.2 Å². The Kier molecular flexibility index (Phi) is 5.16. The maximum atomic E-state index is 13.5. The van der Waals surface area contributed by atoms with Crippen molar-refractivity contribution in [3.63, 3.8) is 0 Å². The van der Waals surface area contributed by atoms with Crippen molar-refractivity contribution in [3.05, 3.63) is 70.3 Å². The Morgan fingerprint density at radius 1 is 0.875 bits per heavy atom. The summed E-state index contributed by atoms with van der Waals surface area (Å²) in [6.07, 6.45) is -1.03. The van der Waals surface area contributed by atoms with E-state index in [9.17, 15) is 31.1 Å². The standard InChI is InChI=1S/C16H11F6NO/c1-7(8-2-4-9(17)5-3-8)23-11(24)6-10-12(18)14(20)16(22)15(21)13(10)19/h2-5,7H,6H2,1H3,(H,23,24). The van der Waals surface area contributed by atoms with Crippen molar-refractivity contribution >= 4 is 5.91 Å². The molecule has 2 rings (SSSR count). The first-order valence-corrected chi connectivity index (χ1v) is 6.77. The molecule has 1 atom stereocenters. The zero-order valence-corrected chi connectivity index (χ0v) is 12.3. The zero-order chi connectivity index (χ0) is 18.0. The lowest BCUT2D eigenvalue weighted by Crippen LogP contribution is -2.29. The van der Waals surface area contributed by atoms with Crippen LogP contribution in [0.1, 0.15) is 24.1 Å². The van der Waals surface area contributed by atoms with Crippen LogP contribution in [0.15, 0.2) is 24.3 Å². The number of carbonyl (C=O) groups is 1. The van der Waals surface area contributed by atoms with Crippen molar-refractivity contribution in [2.45, 2.75) is 19.4 Å². The lowest BCUT2D eigenvalue weighted by atomic mass is 10.1. The van der Waals surface area contributed by atoms with Crippen molar-refractivity contribution in [2.75, 3.05) is 0 Å². The molecule has 0 saturated carbocycles. The van der Waals surface area contributed by atoms with Gasteiger partial charge in [-0.2, -0.15) is 0 Å². The van der Waals surface area contributed by atoms with Crippen LogP contribution in [0.5, 0.6) is 0 Å². The normalized spacial score (nSPS) is 12.1. The summed E-state index contributed by atoms with van der Waals surface area (Å²) in [5, 5.41) is 2.34. The molecule has 24 heavy (non-hydrogen) atoms. The molecule has 1 unspecified atom stereocenters. The Labute approximate surface area is 133 Å². The lowest BCUT2D eigenvalue weighted by Gasteiger charge is -2.15. The Morgan fingerprint density at radius 3 is 1.83 bits per heavy atom. The number of hydrogen-bond acceptors (Lipinski definition) is 1. The summed E-state index contributed by atoms with van der Waals surface area (Å²) in [5.74, 6) is -12.0. The number of amides is 1. The molecule has 0 spiro atoms. The number of hydrogen-bond donors (Lipinski definition) is 1. The summed E-state index contributed by atoms with van der Waals surface area (Å²) in [6.45, 7) is 1.52. The Hall–Kier alpha value is -2.51. The molecule has 2 nitrogen and oxygen atoms in total. The van der Waals surface area contributed by atoms with E-state index in [1.165, 1.54) is 19.1 Å². The average molecular weight is 347 g/mol. The highest BCUT2D eigenvalue weighted by Crippen LogP contribution is 2.23. The molecule has 8 heteroatoms. The number of benzene rings is 2. The van der Waals surface area contributed by atoms with E-state index in [0.29, 0.717) is 5.56 Å². The molecule has 1 N–H and O–H groups in total. The third-order valence-corrected chi connectivity index (χ3v) is 3.39. The van der Waals surface area contributed by atoms with E-state index in [-0.39, 0.29) is 0 Å². The second-order valence-corrected chi connectivity index (χ2v) is 5.07. The Bertz CT molecular complexity index is 746. The minimum Gasteiger partial charge on any atom is -0.349 e. The summed E-state index contributed by atoms with van der Waals surface area (Å²) in [4.78, 5) is 11.8. The lowest BCUT2D eigenvalue weighted by molar-refractivity contribution is -0.121. The van der Waals surface area contributed by atoms with Gasteiger partial charge in [0.1, 0.15) is 5.82 Å². The molecule has 0 heterocycles. The molecular formula is C16H11F6NO. The third-order valence-electron chi connectivity index (χ3n) is 3.39. The highest BCUT2D eigenvalue weighted by Gasteiger charge is 2.27. The van der Waals surface area contributed by atoms with Crippen LogP contribution >= 0.6 is 0 Å². The van der Waals surface area contributed by atoms with Crippen molar-refractivity contribution in [1.29, 1.82) is 0 Å². The first-order valence-electron chi connectivity index (χ1n) is 6.77. The van der Waals surface area contributed by atoms with Crippen LogP contribution in [0.25, 0.3) is 0 Å². The maximum absolute atomic E-state index is 13.5. The second kappa shape index (κ2) is 6.94. The van der Waals surface area contributed by atoms with E-state index >= 15 is 0 Å². The van der Waals surface area contributed by atoms with E-state index in [2.05, 4.69) is 5.32 Å². The number of nitrogens with one attached hydrogen (secondary N) is 1. The zero-order valence-electron chi connectivity index (χ0n) is 12.3. The fourth-order valence-electron chi connectivity index (χ4n) is 2.09. The van der Waals surface area contributed by atoms with Crippen molar-refractivity contribution in [1.82, 2.24) is 5.32 Å². The highest BCUT2D eigenvalue weighted by molar-refractivity contribution is 5.79. The summed E-state index contributed by atoms with van der Waals surface area (Å²) in [6, 6.07) is 4.43. The summed E-state index contributed by atoms with van der Waals surface area (Å²) >= 11 is 0. The molecule has 2 aromatic rings. The fraction of sp³-hybridized carbons (Fsp3) is 0.188. The van der Waals surface area contributed by atoms with Crippen molar-refractivity contribution in [2.24, 2.45) is 0 Å².